The number of amides is 1. The Labute approximate surface area is 111 Å². The number of nitrogens with one attached hydrogen (secondary N) is 1. The Morgan fingerprint density at radius 1 is 1.47 bits per heavy atom. The highest BCUT2D eigenvalue weighted by molar-refractivity contribution is 5.92. The lowest BCUT2D eigenvalue weighted by atomic mass is 10.0. The predicted octanol–water partition coefficient (Wildman–Crippen LogP) is 1.27. The van der Waals surface area contributed by atoms with E-state index in [0.29, 0.717) is 18.2 Å². The van der Waals surface area contributed by atoms with Gasteiger partial charge in [0.25, 0.3) is 5.91 Å². The van der Waals surface area contributed by atoms with Crippen LogP contribution >= 0.6 is 0 Å². The second-order valence-electron chi connectivity index (χ2n) is 4.89. The fraction of sp³-hybridized carbons (Fsp3) is 0.357. The highest BCUT2D eigenvalue weighted by Crippen LogP contribution is 2.32. The molecule has 1 aromatic carbocycles. The van der Waals surface area contributed by atoms with Crippen LogP contribution in [0, 0.1) is 0 Å². The van der Waals surface area contributed by atoms with E-state index in [9.17, 15) is 4.79 Å². The molecular formula is C14H16N4O. The first-order chi connectivity index (χ1) is 9.25. The van der Waals surface area contributed by atoms with E-state index < -0.39 is 0 Å². The zero-order chi connectivity index (χ0) is 13.2. The van der Waals surface area contributed by atoms with Crippen molar-refractivity contribution in [2.45, 2.75) is 18.8 Å². The van der Waals surface area contributed by atoms with Crippen LogP contribution in [-0.4, -0.2) is 27.4 Å². The fourth-order valence-corrected chi connectivity index (χ4v) is 2.66. The van der Waals surface area contributed by atoms with E-state index in [0.717, 1.165) is 12.8 Å². The predicted molar refractivity (Wildman–Crippen MR) is 70.8 cm³/mol. The van der Waals surface area contributed by atoms with E-state index in [-0.39, 0.29) is 5.91 Å². The van der Waals surface area contributed by atoms with Crippen LogP contribution in [-0.2, 0) is 13.5 Å². The number of hydrogen-bond donors (Lipinski definition) is 1. The maximum Gasteiger partial charge on any atom is 0.271 e. The van der Waals surface area contributed by atoms with Gasteiger partial charge in [0.15, 0.2) is 0 Å². The quantitative estimate of drug-likeness (QED) is 0.899. The van der Waals surface area contributed by atoms with Gasteiger partial charge in [-0.1, -0.05) is 29.5 Å². The summed E-state index contributed by atoms with van der Waals surface area (Å²) in [5.41, 5.74) is 3.26. The third-order valence-corrected chi connectivity index (χ3v) is 3.71. The number of carbonyl (C=O) groups is 1. The molecule has 0 aliphatic heterocycles. The number of carbonyl (C=O) groups excluding carboxylic acids is 1. The molecule has 1 unspecified atom stereocenters. The van der Waals surface area contributed by atoms with Gasteiger partial charge in [-0.2, -0.15) is 0 Å². The van der Waals surface area contributed by atoms with Crippen LogP contribution in [0.2, 0.25) is 0 Å². The van der Waals surface area contributed by atoms with Crippen LogP contribution < -0.4 is 5.32 Å². The molecule has 1 heterocycles. The van der Waals surface area contributed by atoms with Gasteiger partial charge < -0.3 is 5.32 Å². The first-order valence-corrected chi connectivity index (χ1v) is 6.46. The van der Waals surface area contributed by atoms with Gasteiger partial charge in [0.05, 0.1) is 6.20 Å². The SMILES string of the molecule is Cn1nncc1C(=O)NCC1CCc2ccccc21. The van der Waals surface area contributed by atoms with E-state index in [2.05, 4.69) is 39.9 Å². The molecule has 0 fully saturated rings. The van der Waals surface area contributed by atoms with Gasteiger partial charge in [-0.25, -0.2) is 4.68 Å². The average molecular weight is 256 g/mol. The van der Waals surface area contributed by atoms with E-state index in [1.165, 1.54) is 22.0 Å². The molecule has 5 heteroatoms. The summed E-state index contributed by atoms with van der Waals surface area (Å²) in [6.07, 6.45) is 3.69. The van der Waals surface area contributed by atoms with Crippen molar-refractivity contribution in [1.29, 1.82) is 0 Å². The summed E-state index contributed by atoms with van der Waals surface area (Å²) in [6.45, 7) is 0.668. The smallest absolute Gasteiger partial charge is 0.271 e. The number of rotatable bonds is 3. The van der Waals surface area contributed by atoms with Crippen molar-refractivity contribution in [3.05, 3.63) is 47.3 Å². The van der Waals surface area contributed by atoms with Gasteiger partial charge in [-0.05, 0) is 24.0 Å². The van der Waals surface area contributed by atoms with Gasteiger partial charge >= 0.3 is 0 Å². The van der Waals surface area contributed by atoms with Gasteiger partial charge in [-0.15, -0.1) is 5.10 Å². The zero-order valence-electron chi connectivity index (χ0n) is 10.8. The van der Waals surface area contributed by atoms with E-state index in [1.54, 1.807) is 7.05 Å². The standard InChI is InChI=1S/C14H16N4O/c1-18-13(9-16-17-18)14(19)15-8-11-7-6-10-4-2-3-5-12(10)11/h2-5,9,11H,6-8H2,1H3,(H,15,19). The summed E-state index contributed by atoms with van der Waals surface area (Å²) in [6, 6.07) is 8.46. The second-order valence-corrected chi connectivity index (χ2v) is 4.89. The number of aryl methyl sites for hydroxylation is 2. The van der Waals surface area contributed by atoms with Crippen LogP contribution in [0.15, 0.2) is 30.5 Å². The number of aromatic nitrogens is 3. The largest absolute Gasteiger partial charge is 0.350 e. The van der Waals surface area contributed by atoms with Crippen LogP contribution in [0.5, 0.6) is 0 Å². The second kappa shape index (κ2) is 4.84. The summed E-state index contributed by atoms with van der Waals surface area (Å²) in [4.78, 5) is 12.0. The topological polar surface area (TPSA) is 59.8 Å². The van der Waals surface area contributed by atoms with Crippen LogP contribution in [0.4, 0.5) is 0 Å². The molecule has 0 radical (unpaired) electrons. The van der Waals surface area contributed by atoms with E-state index in [4.69, 9.17) is 0 Å². The van der Waals surface area contributed by atoms with Crippen molar-refractivity contribution in [3.63, 3.8) is 0 Å². The Hall–Kier alpha value is -2.17. The maximum absolute atomic E-state index is 12.0. The molecule has 1 aliphatic carbocycles. The van der Waals surface area contributed by atoms with E-state index in [1.807, 2.05) is 0 Å². The zero-order valence-corrected chi connectivity index (χ0v) is 10.8. The Balaban J connectivity index is 1.65. The third-order valence-electron chi connectivity index (χ3n) is 3.71. The molecule has 0 bridgehead atoms. The molecule has 2 aromatic rings. The molecule has 1 N–H and O–H groups in total. The first kappa shape index (κ1) is 11.9. The average Bonchev–Trinajstić information content (AvgIpc) is 3.02. The molecule has 1 amide bonds. The van der Waals surface area contributed by atoms with Gasteiger partial charge in [0, 0.05) is 19.5 Å². The molecule has 98 valence electrons. The summed E-state index contributed by atoms with van der Waals surface area (Å²) in [7, 11) is 1.72. The molecule has 0 saturated heterocycles. The normalized spacial score (nSPS) is 17.2. The summed E-state index contributed by atoms with van der Waals surface area (Å²) in [5.74, 6) is 0.304. The van der Waals surface area contributed by atoms with Gasteiger partial charge in [0.2, 0.25) is 0 Å². The number of benzene rings is 1. The molecule has 1 atom stereocenters. The number of fused-ring (bicyclic) bond motifs is 1. The van der Waals surface area contributed by atoms with Crippen LogP contribution in [0.3, 0.4) is 0 Å². The maximum atomic E-state index is 12.0. The molecule has 0 spiro atoms. The minimum absolute atomic E-state index is 0.114. The minimum atomic E-state index is -0.114. The Kier molecular flexibility index (Phi) is 3.03. The lowest BCUT2D eigenvalue weighted by Gasteiger charge is -2.12. The van der Waals surface area contributed by atoms with Crippen molar-refractivity contribution in [1.82, 2.24) is 20.3 Å². The number of nitrogens with zero attached hydrogens (tertiary/aromatic N) is 3. The fourth-order valence-electron chi connectivity index (χ4n) is 2.66. The summed E-state index contributed by atoms with van der Waals surface area (Å²) in [5, 5.41) is 10.4. The molecule has 0 saturated carbocycles. The molecular weight excluding hydrogens is 240 g/mol. The minimum Gasteiger partial charge on any atom is -0.350 e. The van der Waals surface area contributed by atoms with Crippen molar-refractivity contribution >= 4 is 5.91 Å². The van der Waals surface area contributed by atoms with Crippen LogP contribution in [0.1, 0.15) is 34.0 Å². The van der Waals surface area contributed by atoms with Crippen molar-refractivity contribution in [3.8, 4) is 0 Å². The monoisotopic (exact) mass is 256 g/mol. The Bertz CT molecular complexity index is 605. The third kappa shape index (κ3) is 2.23. The highest BCUT2D eigenvalue weighted by atomic mass is 16.2. The summed E-state index contributed by atoms with van der Waals surface area (Å²) >= 11 is 0. The van der Waals surface area contributed by atoms with Gasteiger partial charge in [-0.3, -0.25) is 4.79 Å². The Morgan fingerprint density at radius 2 is 2.32 bits per heavy atom. The molecule has 3 rings (SSSR count). The lowest BCUT2D eigenvalue weighted by Crippen LogP contribution is -2.29. The molecule has 5 nitrogen and oxygen atoms in total. The summed E-state index contributed by atoms with van der Waals surface area (Å²) < 4.78 is 1.48. The van der Waals surface area contributed by atoms with Crippen LogP contribution in [0.25, 0.3) is 0 Å². The van der Waals surface area contributed by atoms with E-state index >= 15 is 0 Å². The first-order valence-electron chi connectivity index (χ1n) is 6.46. The molecule has 19 heavy (non-hydrogen) atoms. The van der Waals surface area contributed by atoms with Crippen molar-refractivity contribution < 1.29 is 4.79 Å². The van der Waals surface area contributed by atoms with Gasteiger partial charge in [0.1, 0.15) is 5.69 Å². The molecule has 1 aliphatic rings. The van der Waals surface area contributed by atoms with Crippen molar-refractivity contribution in [2.75, 3.05) is 6.54 Å². The number of hydrogen-bond acceptors (Lipinski definition) is 3. The lowest BCUT2D eigenvalue weighted by molar-refractivity contribution is 0.0941. The Morgan fingerprint density at radius 3 is 3.11 bits per heavy atom. The molecule has 1 aromatic heterocycles. The van der Waals surface area contributed by atoms with Crippen molar-refractivity contribution in [2.24, 2.45) is 7.05 Å². The highest BCUT2D eigenvalue weighted by Gasteiger charge is 2.22.